The smallest absolute Gasteiger partial charge is 0.255 e. The predicted octanol–water partition coefficient (Wildman–Crippen LogP) is 2.53. The molecule has 0 aliphatic heterocycles. The third-order valence-corrected chi connectivity index (χ3v) is 4.48. The highest BCUT2D eigenvalue weighted by Gasteiger charge is 2.10. The van der Waals surface area contributed by atoms with Crippen LogP contribution in [0.3, 0.4) is 0 Å². The number of rotatable bonds is 9. The number of nitrogen functional groups attached to an aromatic ring is 1. The van der Waals surface area contributed by atoms with Gasteiger partial charge in [0.15, 0.2) is 0 Å². The Labute approximate surface area is 175 Å². The number of carbonyl (C=O) groups is 2. The van der Waals surface area contributed by atoms with E-state index in [4.69, 9.17) is 10.5 Å². The second kappa shape index (κ2) is 10.2. The lowest BCUT2D eigenvalue weighted by atomic mass is 10.1. The molecule has 0 aliphatic carbocycles. The van der Waals surface area contributed by atoms with Gasteiger partial charge in [-0.15, -0.1) is 0 Å². The molecule has 2 aromatic carbocycles. The van der Waals surface area contributed by atoms with Gasteiger partial charge in [-0.3, -0.25) is 14.3 Å². The Bertz CT molecular complexity index is 998. The number of hydrogen-bond donors (Lipinski definition) is 3. The number of para-hydroxylation sites is 2. The second-order valence-corrected chi connectivity index (χ2v) is 6.77. The number of nitrogens with one attached hydrogen (secondary N) is 2. The third kappa shape index (κ3) is 5.68. The van der Waals surface area contributed by atoms with E-state index in [0.717, 1.165) is 12.0 Å². The quantitative estimate of drug-likeness (QED) is 0.373. The van der Waals surface area contributed by atoms with E-state index in [1.54, 1.807) is 42.3 Å². The molecule has 0 saturated heterocycles. The Morgan fingerprint density at radius 3 is 2.57 bits per heavy atom. The standard InChI is InChI=1S/C22H25N5O3/c1-30-12-4-11-24-21(28)18-13-25-27(15-18)14-16-7-9-17(10-8-16)22(29)26-20-6-3-2-5-19(20)23/h2-3,5-10,13,15H,4,11-12,14,23H2,1H3,(H,24,28)(H,26,29). The number of anilines is 2. The van der Waals surface area contributed by atoms with Gasteiger partial charge in [-0.2, -0.15) is 5.10 Å². The van der Waals surface area contributed by atoms with Gasteiger partial charge < -0.3 is 21.1 Å². The topological polar surface area (TPSA) is 111 Å². The first-order valence-corrected chi connectivity index (χ1v) is 9.61. The largest absolute Gasteiger partial charge is 0.397 e. The van der Waals surface area contributed by atoms with Crippen LogP contribution < -0.4 is 16.4 Å². The van der Waals surface area contributed by atoms with Crippen molar-refractivity contribution < 1.29 is 14.3 Å². The van der Waals surface area contributed by atoms with Gasteiger partial charge in [0, 0.05) is 32.0 Å². The summed E-state index contributed by atoms with van der Waals surface area (Å²) < 4.78 is 6.64. The average molecular weight is 407 g/mol. The minimum absolute atomic E-state index is 0.162. The van der Waals surface area contributed by atoms with Crippen molar-refractivity contribution in [3.63, 3.8) is 0 Å². The molecule has 0 atom stereocenters. The molecule has 1 heterocycles. The zero-order chi connectivity index (χ0) is 21.3. The normalized spacial score (nSPS) is 10.6. The Balaban J connectivity index is 1.56. The number of carbonyl (C=O) groups excluding carboxylic acids is 2. The summed E-state index contributed by atoms with van der Waals surface area (Å²) in [6.07, 6.45) is 4.00. The molecule has 0 bridgehead atoms. The highest BCUT2D eigenvalue weighted by Crippen LogP contribution is 2.18. The van der Waals surface area contributed by atoms with Crippen LogP contribution in [-0.4, -0.2) is 41.9 Å². The van der Waals surface area contributed by atoms with Crippen LogP contribution in [0.5, 0.6) is 0 Å². The van der Waals surface area contributed by atoms with Crippen LogP contribution in [0.15, 0.2) is 60.9 Å². The Hall–Kier alpha value is -3.65. The number of nitrogens with zero attached hydrogens (tertiary/aromatic N) is 2. The maximum Gasteiger partial charge on any atom is 0.255 e. The highest BCUT2D eigenvalue weighted by molar-refractivity contribution is 6.05. The van der Waals surface area contributed by atoms with Gasteiger partial charge in [0.2, 0.25) is 0 Å². The molecular formula is C22H25N5O3. The van der Waals surface area contributed by atoms with Crippen molar-refractivity contribution in [3.05, 3.63) is 77.6 Å². The van der Waals surface area contributed by atoms with Crippen LogP contribution in [0.2, 0.25) is 0 Å². The molecule has 0 aliphatic rings. The number of hydrogen-bond acceptors (Lipinski definition) is 5. The molecule has 0 spiro atoms. The number of ether oxygens (including phenoxy) is 1. The average Bonchev–Trinajstić information content (AvgIpc) is 3.22. The van der Waals surface area contributed by atoms with E-state index in [2.05, 4.69) is 15.7 Å². The number of nitrogens with two attached hydrogens (primary N) is 1. The van der Waals surface area contributed by atoms with E-state index in [1.807, 2.05) is 24.3 Å². The molecule has 30 heavy (non-hydrogen) atoms. The maximum absolute atomic E-state index is 12.4. The van der Waals surface area contributed by atoms with E-state index in [1.165, 1.54) is 6.20 Å². The van der Waals surface area contributed by atoms with Crippen LogP contribution in [0.4, 0.5) is 11.4 Å². The van der Waals surface area contributed by atoms with Crippen LogP contribution in [0.25, 0.3) is 0 Å². The van der Waals surface area contributed by atoms with Crippen molar-refractivity contribution in [2.24, 2.45) is 0 Å². The molecule has 3 aromatic rings. The summed E-state index contributed by atoms with van der Waals surface area (Å²) in [6.45, 7) is 1.65. The first kappa shape index (κ1) is 21.1. The lowest BCUT2D eigenvalue weighted by molar-refractivity contribution is 0.0947. The van der Waals surface area contributed by atoms with E-state index in [0.29, 0.717) is 42.2 Å². The summed E-state index contributed by atoms with van der Waals surface area (Å²) in [7, 11) is 1.63. The molecule has 8 nitrogen and oxygen atoms in total. The first-order chi connectivity index (χ1) is 14.6. The fraction of sp³-hybridized carbons (Fsp3) is 0.227. The lowest BCUT2D eigenvalue weighted by Gasteiger charge is -2.08. The summed E-state index contributed by atoms with van der Waals surface area (Å²) in [5.74, 6) is -0.393. The molecule has 4 N–H and O–H groups in total. The van der Waals surface area contributed by atoms with E-state index >= 15 is 0 Å². The molecule has 0 unspecified atom stereocenters. The highest BCUT2D eigenvalue weighted by atomic mass is 16.5. The number of aromatic nitrogens is 2. The molecule has 8 heteroatoms. The van der Waals surface area contributed by atoms with Crippen molar-refractivity contribution in [3.8, 4) is 0 Å². The van der Waals surface area contributed by atoms with Crippen LogP contribution in [0.1, 0.15) is 32.7 Å². The van der Waals surface area contributed by atoms with Crippen molar-refractivity contribution in [1.82, 2.24) is 15.1 Å². The monoisotopic (exact) mass is 407 g/mol. The molecule has 0 radical (unpaired) electrons. The lowest BCUT2D eigenvalue weighted by Crippen LogP contribution is -2.24. The van der Waals surface area contributed by atoms with Gasteiger partial charge in [-0.25, -0.2) is 0 Å². The fourth-order valence-electron chi connectivity index (χ4n) is 2.84. The van der Waals surface area contributed by atoms with Crippen LogP contribution >= 0.6 is 0 Å². The number of methoxy groups -OCH3 is 1. The predicted molar refractivity (Wildman–Crippen MR) is 115 cm³/mol. The molecule has 156 valence electrons. The summed E-state index contributed by atoms with van der Waals surface area (Å²) >= 11 is 0. The van der Waals surface area contributed by atoms with Crippen LogP contribution in [0, 0.1) is 0 Å². The van der Waals surface area contributed by atoms with Crippen molar-refractivity contribution in [2.45, 2.75) is 13.0 Å². The van der Waals surface area contributed by atoms with E-state index < -0.39 is 0 Å². The molecule has 0 saturated carbocycles. The fourth-order valence-corrected chi connectivity index (χ4v) is 2.84. The molecular weight excluding hydrogens is 382 g/mol. The SMILES string of the molecule is COCCCNC(=O)c1cnn(Cc2ccc(C(=O)Nc3ccccc3N)cc2)c1. The summed E-state index contributed by atoms with van der Waals surface area (Å²) in [4.78, 5) is 24.5. The summed E-state index contributed by atoms with van der Waals surface area (Å²) in [6, 6.07) is 14.3. The first-order valence-electron chi connectivity index (χ1n) is 9.61. The Morgan fingerprint density at radius 1 is 1.07 bits per heavy atom. The van der Waals surface area contributed by atoms with Gasteiger partial charge in [0.05, 0.1) is 29.7 Å². The zero-order valence-corrected chi connectivity index (χ0v) is 16.8. The third-order valence-electron chi connectivity index (χ3n) is 4.48. The van der Waals surface area contributed by atoms with Crippen LogP contribution in [-0.2, 0) is 11.3 Å². The van der Waals surface area contributed by atoms with Gasteiger partial charge in [0.25, 0.3) is 11.8 Å². The molecule has 0 fully saturated rings. The molecule has 1 aromatic heterocycles. The minimum Gasteiger partial charge on any atom is -0.397 e. The minimum atomic E-state index is -0.231. The van der Waals surface area contributed by atoms with Crippen molar-refractivity contribution in [2.75, 3.05) is 31.3 Å². The van der Waals surface area contributed by atoms with Gasteiger partial charge >= 0.3 is 0 Å². The zero-order valence-electron chi connectivity index (χ0n) is 16.8. The van der Waals surface area contributed by atoms with E-state index in [-0.39, 0.29) is 11.8 Å². The van der Waals surface area contributed by atoms with Gasteiger partial charge in [0.1, 0.15) is 0 Å². The summed E-state index contributed by atoms with van der Waals surface area (Å²) in [5, 5.41) is 9.87. The molecule has 3 rings (SSSR count). The number of benzene rings is 2. The summed E-state index contributed by atoms with van der Waals surface area (Å²) in [5.41, 5.74) is 8.94. The van der Waals surface area contributed by atoms with E-state index in [9.17, 15) is 9.59 Å². The maximum atomic E-state index is 12.4. The Morgan fingerprint density at radius 2 is 1.83 bits per heavy atom. The van der Waals surface area contributed by atoms with Crippen molar-refractivity contribution in [1.29, 1.82) is 0 Å². The van der Waals surface area contributed by atoms with Gasteiger partial charge in [-0.05, 0) is 36.2 Å². The molecule has 2 amide bonds. The number of amides is 2. The second-order valence-electron chi connectivity index (χ2n) is 6.77. The Kier molecular flexibility index (Phi) is 7.18. The van der Waals surface area contributed by atoms with Gasteiger partial charge in [-0.1, -0.05) is 24.3 Å². The van der Waals surface area contributed by atoms with Crippen molar-refractivity contribution >= 4 is 23.2 Å².